The van der Waals surface area contributed by atoms with Crippen LogP contribution >= 0.6 is 0 Å². The van der Waals surface area contributed by atoms with E-state index in [0.717, 1.165) is 64.3 Å². The van der Waals surface area contributed by atoms with Crippen molar-refractivity contribution in [2.24, 2.45) is 5.92 Å². The zero-order chi connectivity index (χ0) is 18.4. The number of nitrogens with zero attached hydrogens (tertiary/aromatic N) is 1. The molecule has 0 saturated heterocycles. The van der Waals surface area contributed by atoms with Crippen molar-refractivity contribution in [2.45, 2.75) is 91.1 Å². The van der Waals surface area contributed by atoms with Crippen LogP contribution in [0.5, 0.6) is 0 Å². The van der Waals surface area contributed by atoms with Gasteiger partial charge in [0.25, 0.3) is 0 Å². The fourth-order valence-corrected chi connectivity index (χ4v) is 2.77. The monoisotopic (exact) mass is 343 g/mol. The van der Waals surface area contributed by atoms with Crippen LogP contribution in [0.4, 0.5) is 0 Å². The average Bonchev–Trinajstić information content (AvgIpc) is 2.52. The molecule has 0 spiro atoms. The van der Waals surface area contributed by atoms with Crippen molar-refractivity contribution in [3.8, 4) is 0 Å². The molecule has 0 aliphatic rings. The molecule has 0 aromatic heterocycles. The highest BCUT2D eigenvalue weighted by atomic mass is 16.4. The lowest BCUT2D eigenvalue weighted by molar-refractivity contribution is -0.141. The summed E-state index contributed by atoms with van der Waals surface area (Å²) >= 11 is 0. The summed E-state index contributed by atoms with van der Waals surface area (Å²) in [5.74, 6) is -0.949. The number of aliphatic hydroxyl groups excluding tert-OH is 1. The maximum Gasteiger partial charge on any atom is 0.306 e. The minimum Gasteiger partial charge on any atom is -0.481 e. The van der Waals surface area contributed by atoms with E-state index in [1.807, 2.05) is 4.90 Å². The lowest BCUT2D eigenvalue weighted by Gasteiger charge is -2.22. The van der Waals surface area contributed by atoms with E-state index in [-0.39, 0.29) is 17.9 Å². The van der Waals surface area contributed by atoms with Gasteiger partial charge in [0.15, 0.2) is 0 Å². The Labute approximate surface area is 147 Å². The number of carbonyl (C=O) groups excluding carboxylic acids is 1. The number of aliphatic hydroxyl groups is 1. The van der Waals surface area contributed by atoms with Crippen LogP contribution in [0, 0.1) is 5.92 Å². The molecule has 0 heterocycles. The topological polar surface area (TPSA) is 77.8 Å². The van der Waals surface area contributed by atoms with Gasteiger partial charge in [-0.15, -0.1) is 0 Å². The summed E-state index contributed by atoms with van der Waals surface area (Å²) in [6.45, 7) is 6.90. The molecule has 24 heavy (non-hydrogen) atoms. The average molecular weight is 344 g/mol. The van der Waals surface area contributed by atoms with Crippen molar-refractivity contribution < 1.29 is 19.8 Å². The summed E-state index contributed by atoms with van der Waals surface area (Å²) in [6, 6.07) is 0. The van der Waals surface area contributed by atoms with Gasteiger partial charge < -0.3 is 15.1 Å². The van der Waals surface area contributed by atoms with E-state index in [2.05, 4.69) is 6.92 Å². The molecular formula is C19H37NO4. The first kappa shape index (κ1) is 22.9. The first-order chi connectivity index (χ1) is 11.4. The van der Waals surface area contributed by atoms with Crippen LogP contribution in [0.3, 0.4) is 0 Å². The van der Waals surface area contributed by atoms with E-state index in [9.17, 15) is 14.7 Å². The van der Waals surface area contributed by atoms with E-state index in [1.165, 1.54) is 0 Å². The van der Waals surface area contributed by atoms with Crippen molar-refractivity contribution in [3.63, 3.8) is 0 Å². The molecule has 0 aromatic rings. The molecule has 0 saturated carbocycles. The molecule has 0 rings (SSSR count). The van der Waals surface area contributed by atoms with Gasteiger partial charge >= 0.3 is 5.97 Å². The van der Waals surface area contributed by atoms with Crippen LogP contribution in [-0.2, 0) is 9.59 Å². The molecule has 0 bridgehead atoms. The Balaban J connectivity index is 3.82. The summed E-state index contributed by atoms with van der Waals surface area (Å²) < 4.78 is 0. The fraction of sp³-hybridized carbons (Fsp3) is 0.895. The molecule has 5 nitrogen and oxygen atoms in total. The molecule has 5 heteroatoms. The predicted octanol–water partition coefficient (Wildman–Crippen LogP) is 3.84. The summed E-state index contributed by atoms with van der Waals surface area (Å²) in [6.07, 6.45) is 9.03. The molecule has 0 aliphatic heterocycles. The molecule has 2 unspecified atom stereocenters. The van der Waals surface area contributed by atoms with Gasteiger partial charge in [-0.05, 0) is 32.1 Å². The summed E-state index contributed by atoms with van der Waals surface area (Å²) in [7, 11) is 0. The molecule has 142 valence electrons. The zero-order valence-corrected chi connectivity index (χ0v) is 15.8. The lowest BCUT2D eigenvalue weighted by atomic mass is 10.0. The van der Waals surface area contributed by atoms with Crippen LogP contribution < -0.4 is 0 Å². The number of hydrogen-bond donors (Lipinski definition) is 2. The summed E-state index contributed by atoms with van der Waals surface area (Å²) in [4.78, 5) is 24.3. The van der Waals surface area contributed by atoms with E-state index in [4.69, 9.17) is 5.11 Å². The second kappa shape index (κ2) is 14.3. The van der Waals surface area contributed by atoms with E-state index in [0.29, 0.717) is 13.0 Å². The molecule has 2 N–H and O–H groups in total. The number of unbranched alkanes of at least 4 members (excludes halogenated alkanes) is 4. The highest BCUT2D eigenvalue weighted by molar-refractivity contribution is 5.73. The van der Waals surface area contributed by atoms with Crippen LogP contribution in [0.15, 0.2) is 0 Å². The van der Waals surface area contributed by atoms with Crippen LogP contribution in [0.1, 0.15) is 85.0 Å². The maximum atomic E-state index is 11.7. The lowest BCUT2D eigenvalue weighted by Crippen LogP contribution is -2.31. The number of carboxylic acid groups (broad SMARTS) is 1. The molecule has 1 amide bonds. The van der Waals surface area contributed by atoms with Crippen LogP contribution in [0.2, 0.25) is 0 Å². The van der Waals surface area contributed by atoms with Crippen molar-refractivity contribution >= 4 is 11.9 Å². The molecule has 0 aliphatic carbocycles. The third-order valence-electron chi connectivity index (χ3n) is 4.54. The maximum absolute atomic E-state index is 11.7. The second-order valence-electron chi connectivity index (χ2n) is 6.89. The van der Waals surface area contributed by atoms with Gasteiger partial charge in [-0.25, -0.2) is 0 Å². The van der Waals surface area contributed by atoms with Crippen LogP contribution in [0.25, 0.3) is 0 Å². The van der Waals surface area contributed by atoms with Crippen molar-refractivity contribution in [2.75, 3.05) is 13.1 Å². The van der Waals surface area contributed by atoms with Gasteiger partial charge in [0.1, 0.15) is 0 Å². The number of amides is 1. The highest BCUT2D eigenvalue weighted by Gasteiger charge is 2.12. The van der Waals surface area contributed by atoms with E-state index in [1.54, 1.807) is 13.8 Å². The van der Waals surface area contributed by atoms with Crippen molar-refractivity contribution in [1.29, 1.82) is 0 Å². The Kier molecular flexibility index (Phi) is 13.6. The number of carboxylic acids is 1. The third kappa shape index (κ3) is 12.3. The van der Waals surface area contributed by atoms with Crippen molar-refractivity contribution in [1.82, 2.24) is 4.90 Å². The Morgan fingerprint density at radius 1 is 0.917 bits per heavy atom. The second-order valence-corrected chi connectivity index (χ2v) is 6.89. The van der Waals surface area contributed by atoms with Gasteiger partial charge in [0.05, 0.1) is 12.0 Å². The minimum atomic E-state index is -0.738. The quantitative estimate of drug-likeness (QED) is 0.443. The van der Waals surface area contributed by atoms with Gasteiger partial charge in [-0.2, -0.15) is 0 Å². The van der Waals surface area contributed by atoms with E-state index >= 15 is 0 Å². The van der Waals surface area contributed by atoms with Gasteiger partial charge in [-0.1, -0.05) is 46.0 Å². The number of aliphatic carboxylic acids is 1. The Hall–Kier alpha value is -1.10. The Morgan fingerprint density at radius 2 is 1.50 bits per heavy atom. The summed E-state index contributed by atoms with van der Waals surface area (Å²) in [5.41, 5.74) is 0. The smallest absolute Gasteiger partial charge is 0.306 e. The summed E-state index contributed by atoms with van der Waals surface area (Å²) in [5, 5.41) is 18.8. The van der Waals surface area contributed by atoms with Crippen LogP contribution in [-0.4, -0.2) is 46.2 Å². The van der Waals surface area contributed by atoms with Crippen molar-refractivity contribution in [3.05, 3.63) is 0 Å². The number of carbonyl (C=O) groups is 2. The third-order valence-corrected chi connectivity index (χ3v) is 4.54. The van der Waals surface area contributed by atoms with Gasteiger partial charge in [-0.3, -0.25) is 9.59 Å². The SMILES string of the molecule is CCCCCC(O)CCCN(CCCCCC(C)C(=O)O)C(C)=O. The Bertz CT molecular complexity index is 346. The predicted molar refractivity (Wildman–Crippen MR) is 96.9 cm³/mol. The van der Waals surface area contributed by atoms with Gasteiger partial charge in [0, 0.05) is 20.0 Å². The Morgan fingerprint density at radius 3 is 2.08 bits per heavy atom. The number of rotatable bonds is 15. The fourth-order valence-electron chi connectivity index (χ4n) is 2.77. The number of hydrogen-bond acceptors (Lipinski definition) is 3. The normalized spacial score (nSPS) is 13.5. The van der Waals surface area contributed by atoms with E-state index < -0.39 is 5.97 Å². The molecule has 0 aromatic carbocycles. The molecular weight excluding hydrogens is 306 g/mol. The highest BCUT2D eigenvalue weighted by Crippen LogP contribution is 2.12. The first-order valence-corrected chi connectivity index (χ1v) is 9.54. The largest absolute Gasteiger partial charge is 0.481 e. The minimum absolute atomic E-state index is 0.0781. The molecule has 0 radical (unpaired) electrons. The standard InChI is InChI=1S/C19H37NO4/c1-4-5-7-12-18(22)13-10-15-20(17(3)21)14-9-6-8-11-16(2)19(23)24/h16,18,22H,4-15H2,1-3H3,(H,23,24). The van der Waals surface area contributed by atoms with Gasteiger partial charge in [0.2, 0.25) is 5.91 Å². The first-order valence-electron chi connectivity index (χ1n) is 9.54. The zero-order valence-electron chi connectivity index (χ0n) is 15.8. The molecule has 0 fully saturated rings. The molecule has 2 atom stereocenters.